The van der Waals surface area contributed by atoms with Gasteiger partial charge in [-0.15, -0.1) is 11.8 Å². The van der Waals surface area contributed by atoms with Crippen LogP contribution in [0.25, 0.3) is 22.5 Å². The van der Waals surface area contributed by atoms with Crippen LogP contribution in [0.3, 0.4) is 0 Å². The molecule has 0 atom stereocenters. The molecular weight excluding hydrogens is 306 g/mol. The minimum absolute atomic E-state index is 0.0519. The lowest BCUT2D eigenvalue weighted by atomic mass is 9.99. The molecular formula is C19H13NO2S. The van der Waals surface area contributed by atoms with E-state index < -0.39 is 5.63 Å². The van der Waals surface area contributed by atoms with Gasteiger partial charge in [-0.25, -0.2) is 4.79 Å². The van der Waals surface area contributed by atoms with Gasteiger partial charge in [-0.05, 0) is 11.8 Å². The van der Waals surface area contributed by atoms with Gasteiger partial charge in [0.1, 0.15) is 11.8 Å². The predicted molar refractivity (Wildman–Crippen MR) is 92.3 cm³/mol. The van der Waals surface area contributed by atoms with E-state index in [2.05, 4.69) is 0 Å². The summed E-state index contributed by atoms with van der Waals surface area (Å²) in [5, 5.41) is 9.34. The second kappa shape index (κ2) is 6.55. The van der Waals surface area contributed by atoms with Crippen molar-refractivity contribution in [1.82, 2.24) is 0 Å². The van der Waals surface area contributed by atoms with Crippen molar-refractivity contribution in [3.05, 3.63) is 76.6 Å². The monoisotopic (exact) mass is 319 g/mol. The predicted octanol–water partition coefficient (Wildman–Crippen LogP) is 4.57. The van der Waals surface area contributed by atoms with E-state index in [1.165, 1.54) is 11.8 Å². The summed E-state index contributed by atoms with van der Waals surface area (Å²) in [6.07, 6.45) is 1.86. The van der Waals surface area contributed by atoms with Crippen LogP contribution in [0, 0.1) is 11.3 Å². The van der Waals surface area contributed by atoms with E-state index in [-0.39, 0.29) is 5.56 Å². The Morgan fingerprint density at radius 3 is 2.04 bits per heavy atom. The Labute approximate surface area is 138 Å². The molecule has 3 aromatic rings. The van der Waals surface area contributed by atoms with Crippen LogP contribution in [0.4, 0.5) is 0 Å². The number of nitriles is 1. The number of rotatable bonds is 3. The molecule has 0 amide bonds. The van der Waals surface area contributed by atoms with E-state index >= 15 is 0 Å². The highest BCUT2D eigenvalue weighted by molar-refractivity contribution is 7.98. The first-order valence-electron chi connectivity index (χ1n) is 7.02. The summed E-state index contributed by atoms with van der Waals surface area (Å²) in [5.41, 5.74) is 1.95. The van der Waals surface area contributed by atoms with Crippen molar-refractivity contribution in [3.63, 3.8) is 0 Å². The fourth-order valence-electron chi connectivity index (χ4n) is 2.48. The highest BCUT2D eigenvalue weighted by Gasteiger charge is 2.21. The smallest absolute Gasteiger partial charge is 0.355 e. The van der Waals surface area contributed by atoms with Gasteiger partial charge in [0.05, 0.1) is 0 Å². The Bertz CT molecular complexity index is 925. The van der Waals surface area contributed by atoms with E-state index in [0.717, 1.165) is 16.7 Å². The normalized spacial score (nSPS) is 10.3. The van der Waals surface area contributed by atoms with E-state index in [9.17, 15) is 10.1 Å². The molecule has 23 heavy (non-hydrogen) atoms. The van der Waals surface area contributed by atoms with Crippen LogP contribution in [0.1, 0.15) is 5.56 Å². The zero-order valence-corrected chi connectivity index (χ0v) is 13.3. The number of hydrogen-bond donors (Lipinski definition) is 0. The molecule has 4 heteroatoms. The van der Waals surface area contributed by atoms with E-state index in [4.69, 9.17) is 4.42 Å². The SMILES string of the molecule is CSc1c(-c2ccccc2)c(-c2ccccc2)oc(=O)c1C#N. The van der Waals surface area contributed by atoms with Gasteiger partial charge >= 0.3 is 5.63 Å². The molecule has 0 aliphatic heterocycles. The van der Waals surface area contributed by atoms with Crippen molar-refractivity contribution in [3.8, 4) is 28.5 Å². The van der Waals surface area contributed by atoms with Crippen molar-refractivity contribution in [2.24, 2.45) is 0 Å². The van der Waals surface area contributed by atoms with Gasteiger partial charge in [0.15, 0.2) is 5.56 Å². The lowest BCUT2D eigenvalue weighted by Gasteiger charge is -2.13. The third-order valence-electron chi connectivity index (χ3n) is 3.49. The molecule has 0 N–H and O–H groups in total. The van der Waals surface area contributed by atoms with Crippen LogP contribution < -0.4 is 5.63 Å². The average Bonchev–Trinajstić information content (AvgIpc) is 2.62. The Morgan fingerprint density at radius 1 is 0.957 bits per heavy atom. The van der Waals surface area contributed by atoms with Gasteiger partial charge in [0.2, 0.25) is 0 Å². The first-order valence-corrected chi connectivity index (χ1v) is 8.24. The first kappa shape index (κ1) is 15.1. The Balaban J connectivity index is 2.43. The highest BCUT2D eigenvalue weighted by atomic mass is 32.2. The van der Waals surface area contributed by atoms with E-state index in [1.807, 2.05) is 73.0 Å². The van der Waals surface area contributed by atoms with Gasteiger partial charge in [-0.1, -0.05) is 60.7 Å². The summed E-state index contributed by atoms with van der Waals surface area (Å²) in [5.74, 6) is 0.491. The maximum Gasteiger partial charge on any atom is 0.355 e. The largest absolute Gasteiger partial charge is 0.421 e. The lowest BCUT2D eigenvalue weighted by Crippen LogP contribution is -2.08. The molecule has 1 heterocycles. The van der Waals surface area contributed by atoms with Gasteiger partial charge in [-0.2, -0.15) is 5.26 Å². The molecule has 3 rings (SSSR count). The summed E-state index contributed by atoms with van der Waals surface area (Å²) < 4.78 is 5.52. The summed E-state index contributed by atoms with van der Waals surface area (Å²) in [7, 11) is 0. The molecule has 0 unspecified atom stereocenters. The van der Waals surface area contributed by atoms with Gasteiger partial charge in [0, 0.05) is 16.0 Å². The zero-order valence-electron chi connectivity index (χ0n) is 12.4. The molecule has 0 saturated carbocycles. The van der Waals surface area contributed by atoms with Crippen LogP contribution >= 0.6 is 11.8 Å². The third kappa shape index (κ3) is 2.79. The standard InChI is InChI=1S/C19H13NO2S/c1-23-18-15(12-20)19(21)22-17(14-10-6-3-7-11-14)16(18)13-8-4-2-5-9-13/h2-11H,1H3. The third-order valence-corrected chi connectivity index (χ3v) is 4.31. The molecule has 0 saturated heterocycles. The van der Waals surface area contributed by atoms with Crippen LogP contribution in [0.5, 0.6) is 0 Å². The zero-order chi connectivity index (χ0) is 16.2. The van der Waals surface area contributed by atoms with Crippen LogP contribution in [-0.4, -0.2) is 6.26 Å². The molecule has 0 spiro atoms. The van der Waals surface area contributed by atoms with Crippen LogP contribution in [-0.2, 0) is 0 Å². The highest BCUT2D eigenvalue weighted by Crippen LogP contribution is 2.39. The first-order chi connectivity index (χ1) is 11.3. The maximum atomic E-state index is 12.2. The lowest BCUT2D eigenvalue weighted by molar-refractivity contribution is 0.520. The fourth-order valence-corrected chi connectivity index (χ4v) is 3.22. The number of nitrogens with zero attached hydrogens (tertiary/aromatic N) is 1. The van der Waals surface area contributed by atoms with E-state index in [1.54, 1.807) is 0 Å². The quantitative estimate of drug-likeness (QED) is 0.664. The van der Waals surface area contributed by atoms with Gasteiger partial charge in [0.25, 0.3) is 0 Å². The second-order valence-corrected chi connectivity index (χ2v) is 5.66. The molecule has 3 nitrogen and oxygen atoms in total. The molecule has 1 aromatic heterocycles. The van der Waals surface area contributed by atoms with Crippen LogP contribution in [0.2, 0.25) is 0 Å². The molecule has 0 radical (unpaired) electrons. The average molecular weight is 319 g/mol. The molecule has 0 aliphatic rings. The number of benzene rings is 2. The van der Waals surface area contributed by atoms with Crippen molar-refractivity contribution in [2.75, 3.05) is 6.26 Å². The Morgan fingerprint density at radius 2 is 1.52 bits per heavy atom. The summed E-state index contributed by atoms with van der Waals surface area (Å²) in [4.78, 5) is 12.9. The molecule has 0 aliphatic carbocycles. The van der Waals surface area contributed by atoms with Crippen molar-refractivity contribution >= 4 is 11.8 Å². The maximum absolute atomic E-state index is 12.2. The summed E-state index contributed by atoms with van der Waals surface area (Å²) >= 11 is 1.38. The molecule has 112 valence electrons. The van der Waals surface area contributed by atoms with Gasteiger partial charge < -0.3 is 4.42 Å². The summed E-state index contributed by atoms with van der Waals surface area (Å²) in [6, 6.07) is 21.1. The second-order valence-electron chi connectivity index (χ2n) is 4.85. The van der Waals surface area contributed by atoms with Crippen molar-refractivity contribution in [1.29, 1.82) is 5.26 Å². The minimum Gasteiger partial charge on any atom is -0.421 e. The topological polar surface area (TPSA) is 54.0 Å². The minimum atomic E-state index is -0.601. The molecule has 0 bridgehead atoms. The molecule has 0 fully saturated rings. The fraction of sp³-hybridized carbons (Fsp3) is 0.0526. The molecule has 2 aromatic carbocycles. The number of hydrogen-bond acceptors (Lipinski definition) is 4. The van der Waals surface area contributed by atoms with Crippen LogP contribution in [0.15, 0.2) is 74.8 Å². The van der Waals surface area contributed by atoms with Gasteiger partial charge in [-0.3, -0.25) is 0 Å². The van der Waals surface area contributed by atoms with Crippen molar-refractivity contribution < 1.29 is 4.42 Å². The summed E-state index contributed by atoms with van der Waals surface area (Å²) in [6.45, 7) is 0. The number of thioether (sulfide) groups is 1. The Hall–Kier alpha value is -2.77. The van der Waals surface area contributed by atoms with Crippen molar-refractivity contribution in [2.45, 2.75) is 4.90 Å². The van der Waals surface area contributed by atoms with E-state index in [0.29, 0.717) is 10.7 Å². The Kier molecular flexibility index (Phi) is 4.31.